The number of hydrogen-bond acceptors (Lipinski definition) is 6. The summed E-state index contributed by atoms with van der Waals surface area (Å²) in [7, 11) is 0. The average molecular weight is 476 g/mol. The molecule has 1 aliphatic rings. The largest absolute Gasteiger partial charge is 0.457 e. The molecule has 1 aliphatic heterocycles. The zero-order valence-corrected chi connectivity index (χ0v) is 22.1. The van der Waals surface area contributed by atoms with E-state index >= 15 is 0 Å². The van der Waals surface area contributed by atoms with Gasteiger partial charge in [-0.1, -0.05) is 45.8 Å². The number of nitrogens with zero attached hydrogens (tertiary/aromatic N) is 1. The van der Waals surface area contributed by atoms with Gasteiger partial charge in [0.25, 0.3) is 0 Å². The number of aliphatic hydroxyl groups excluding tert-OH is 1. The second-order valence-corrected chi connectivity index (χ2v) is 11.6. The van der Waals surface area contributed by atoms with Crippen LogP contribution in [0.4, 0.5) is 0 Å². The highest BCUT2D eigenvalue weighted by atomic mass is 32.1. The first-order chi connectivity index (χ1) is 15.4. The zero-order valence-electron chi connectivity index (χ0n) is 21.3. The van der Waals surface area contributed by atoms with Crippen LogP contribution in [0.15, 0.2) is 23.4 Å². The van der Waals surface area contributed by atoms with Gasteiger partial charge in [0.1, 0.15) is 11.9 Å². The minimum absolute atomic E-state index is 0.00557. The molecule has 0 aliphatic carbocycles. The van der Waals surface area contributed by atoms with Crippen molar-refractivity contribution >= 4 is 29.2 Å². The molecule has 33 heavy (non-hydrogen) atoms. The Morgan fingerprint density at radius 2 is 1.97 bits per heavy atom. The summed E-state index contributed by atoms with van der Waals surface area (Å²) in [6, 6.07) is 0. The molecule has 5 nitrogen and oxygen atoms in total. The van der Waals surface area contributed by atoms with Gasteiger partial charge < -0.3 is 9.84 Å². The van der Waals surface area contributed by atoms with Gasteiger partial charge in [0, 0.05) is 23.4 Å². The van der Waals surface area contributed by atoms with Gasteiger partial charge in [-0.05, 0) is 57.6 Å². The first-order valence-corrected chi connectivity index (χ1v) is 12.9. The molecule has 0 radical (unpaired) electrons. The van der Waals surface area contributed by atoms with E-state index in [1.807, 2.05) is 33.0 Å². The number of allylic oxidation sites excluding steroid dienone is 1. The Kier molecular flexibility index (Phi) is 10.0. The number of aliphatic hydroxyl groups is 1. The summed E-state index contributed by atoms with van der Waals surface area (Å²) in [5.41, 5.74) is 1.21. The predicted molar refractivity (Wildman–Crippen MR) is 135 cm³/mol. The number of Topliss-reactive ketones (excluding diaryl/α,β-unsaturated/α-hetero) is 1. The summed E-state index contributed by atoms with van der Waals surface area (Å²) >= 11 is 1.59. The number of ketones is 1. The van der Waals surface area contributed by atoms with E-state index in [2.05, 4.69) is 24.9 Å². The molecule has 0 unspecified atom stereocenters. The minimum atomic E-state index is -1.09. The Labute approximate surface area is 203 Å². The van der Waals surface area contributed by atoms with E-state index in [1.165, 1.54) is 5.57 Å². The van der Waals surface area contributed by atoms with Gasteiger partial charge in [-0.25, -0.2) is 4.98 Å². The summed E-state index contributed by atoms with van der Waals surface area (Å²) in [5.74, 6) is -0.207. The molecule has 1 N–H and O–H groups in total. The number of rotatable bonds is 2. The van der Waals surface area contributed by atoms with Gasteiger partial charge in [-0.15, -0.1) is 11.3 Å². The lowest BCUT2D eigenvalue weighted by atomic mass is 9.74. The Hall–Kier alpha value is -1.79. The van der Waals surface area contributed by atoms with Crippen LogP contribution in [0.1, 0.15) is 90.0 Å². The zero-order chi connectivity index (χ0) is 24.8. The number of hydrogen-bond donors (Lipinski definition) is 1. The van der Waals surface area contributed by atoms with Crippen LogP contribution >= 0.6 is 11.3 Å². The molecule has 1 aromatic rings. The summed E-state index contributed by atoms with van der Waals surface area (Å²) in [5, 5.41) is 11.8. The third kappa shape index (κ3) is 8.18. The van der Waals surface area contributed by atoms with Gasteiger partial charge in [-0.2, -0.15) is 0 Å². The van der Waals surface area contributed by atoms with E-state index in [0.29, 0.717) is 12.3 Å². The van der Waals surface area contributed by atoms with Crippen LogP contribution in [-0.4, -0.2) is 34.1 Å². The molecule has 1 aromatic heterocycles. The van der Waals surface area contributed by atoms with Crippen LogP contribution in [0.25, 0.3) is 6.08 Å². The number of thiazole rings is 1. The molecule has 184 valence electrons. The first kappa shape index (κ1) is 27.5. The van der Waals surface area contributed by atoms with E-state index in [4.69, 9.17) is 4.74 Å². The number of carbonyl (C=O) groups is 2. The Bertz CT molecular complexity index is 882. The number of ether oxygens (including phenoxy) is 1. The van der Waals surface area contributed by atoms with Gasteiger partial charge >= 0.3 is 5.97 Å². The van der Waals surface area contributed by atoms with E-state index in [9.17, 15) is 14.7 Å². The molecule has 0 spiro atoms. The molecule has 0 saturated heterocycles. The van der Waals surface area contributed by atoms with E-state index in [1.54, 1.807) is 25.2 Å². The third-order valence-electron chi connectivity index (χ3n) is 6.77. The summed E-state index contributed by atoms with van der Waals surface area (Å²) < 4.78 is 5.84. The second kappa shape index (κ2) is 12.1. The maximum Gasteiger partial charge on any atom is 0.309 e. The Balaban J connectivity index is 2.29. The molecule has 6 heteroatoms. The average Bonchev–Trinajstić information content (AvgIpc) is 3.13. The standard InChI is InChI=1S/C27H41NO4S/c1-17-9-8-10-18(2)13-20(4)26(31)27(6,7)24(29)15-25(30)32-23(12-11-17)19(3)14-22-16-28-21(5)33-22/h11,14,16,18,20,23-24,29H,8-10,12-13,15H2,1-7H3/b17-11-,19-14+/t18-,20+,23-,24-/m0/s1. The molecule has 4 atom stereocenters. The SMILES string of the molecule is C/C1=C/C[C@@H](/C(C)=C/c2cnc(C)s2)OC(=O)C[C@H](O)C(C)(C)C(=O)[C@H](C)C[C@@H](C)CCC1. The van der Waals surface area contributed by atoms with Crippen molar-refractivity contribution < 1.29 is 19.4 Å². The molecule has 0 amide bonds. The number of carbonyl (C=O) groups excluding carboxylic acids is 2. The van der Waals surface area contributed by atoms with Crippen molar-refractivity contribution in [1.82, 2.24) is 4.98 Å². The number of aromatic nitrogens is 1. The van der Waals surface area contributed by atoms with Gasteiger partial charge in [-0.3, -0.25) is 9.59 Å². The van der Waals surface area contributed by atoms with Crippen LogP contribution in [0.5, 0.6) is 0 Å². The van der Waals surface area contributed by atoms with Gasteiger partial charge in [0.05, 0.1) is 22.9 Å². The third-order valence-corrected chi connectivity index (χ3v) is 7.63. The predicted octanol–water partition coefficient (Wildman–Crippen LogP) is 6.30. The Morgan fingerprint density at radius 3 is 2.61 bits per heavy atom. The van der Waals surface area contributed by atoms with Crippen molar-refractivity contribution in [2.24, 2.45) is 17.3 Å². The molecular formula is C27H41NO4S. The van der Waals surface area contributed by atoms with Crippen molar-refractivity contribution in [2.45, 2.75) is 99.2 Å². The fourth-order valence-corrected chi connectivity index (χ4v) is 5.27. The van der Waals surface area contributed by atoms with Crippen molar-refractivity contribution in [1.29, 1.82) is 0 Å². The maximum absolute atomic E-state index is 13.1. The number of esters is 1. The molecular weight excluding hydrogens is 434 g/mol. The lowest BCUT2D eigenvalue weighted by Crippen LogP contribution is -2.42. The van der Waals surface area contributed by atoms with Crippen LogP contribution in [0.3, 0.4) is 0 Å². The monoisotopic (exact) mass is 475 g/mol. The quantitative estimate of drug-likeness (QED) is 0.401. The van der Waals surface area contributed by atoms with E-state index in [-0.39, 0.29) is 18.1 Å². The maximum atomic E-state index is 13.1. The fourth-order valence-electron chi connectivity index (χ4n) is 4.48. The van der Waals surface area contributed by atoms with Crippen LogP contribution < -0.4 is 0 Å². The van der Waals surface area contributed by atoms with E-state index in [0.717, 1.165) is 41.1 Å². The van der Waals surface area contributed by atoms with E-state index < -0.39 is 23.6 Å². The molecule has 0 bridgehead atoms. The van der Waals surface area contributed by atoms with Gasteiger partial charge in [0.2, 0.25) is 0 Å². The molecule has 0 fully saturated rings. The first-order valence-electron chi connectivity index (χ1n) is 12.1. The van der Waals surface area contributed by atoms with Gasteiger partial charge in [0.15, 0.2) is 0 Å². The minimum Gasteiger partial charge on any atom is -0.457 e. The van der Waals surface area contributed by atoms with Crippen LogP contribution in [-0.2, 0) is 14.3 Å². The number of aryl methyl sites for hydroxylation is 1. The summed E-state index contributed by atoms with van der Waals surface area (Å²) in [6.07, 6.45) is 8.79. The number of cyclic esters (lactones) is 1. The smallest absolute Gasteiger partial charge is 0.309 e. The second-order valence-electron chi connectivity index (χ2n) is 10.4. The van der Waals surface area contributed by atoms with Crippen molar-refractivity contribution in [3.63, 3.8) is 0 Å². The molecule has 2 heterocycles. The highest BCUT2D eigenvalue weighted by Gasteiger charge is 2.39. The van der Waals surface area contributed by atoms with Crippen molar-refractivity contribution in [3.8, 4) is 0 Å². The highest BCUT2D eigenvalue weighted by Crippen LogP contribution is 2.32. The van der Waals surface area contributed by atoms with Crippen LogP contribution in [0, 0.1) is 24.2 Å². The highest BCUT2D eigenvalue weighted by molar-refractivity contribution is 7.12. The summed E-state index contributed by atoms with van der Waals surface area (Å²) in [4.78, 5) is 31.2. The normalized spacial score (nSPS) is 30.4. The molecule has 2 rings (SSSR count). The van der Waals surface area contributed by atoms with Crippen LogP contribution in [0.2, 0.25) is 0 Å². The van der Waals surface area contributed by atoms with Crippen molar-refractivity contribution in [2.75, 3.05) is 0 Å². The fraction of sp³-hybridized carbons (Fsp3) is 0.667. The summed E-state index contributed by atoms with van der Waals surface area (Å²) in [6.45, 7) is 13.6. The lowest BCUT2D eigenvalue weighted by molar-refractivity contribution is -0.153. The molecule has 0 aromatic carbocycles. The lowest BCUT2D eigenvalue weighted by Gasteiger charge is -2.32. The molecule has 0 saturated carbocycles. The topological polar surface area (TPSA) is 76.5 Å². The Morgan fingerprint density at radius 1 is 1.27 bits per heavy atom. The van der Waals surface area contributed by atoms with Crippen molar-refractivity contribution in [3.05, 3.63) is 33.3 Å².